The van der Waals surface area contributed by atoms with Crippen LogP contribution in [0.2, 0.25) is 0 Å². The van der Waals surface area contributed by atoms with E-state index in [9.17, 15) is 33.4 Å². The Morgan fingerprint density at radius 1 is 0.868 bits per heavy atom. The highest BCUT2D eigenvalue weighted by Gasteiger charge is 2.37. The third-order valence-electron chi connectivity index (χ3n) is 4.71. The number of hydrogen-bond donors (Lipinski definition) is 0. The van der Waals surface area contributed by atoms with E-state index in [1.165, 1.54) is 24.3 Å². The van der Waals surface area contributed by atoms with Gasteiger partial charge in [-0.25, -0.2) is 13.4 Å². The van der Waals surface area contributed by atoms with Crippen LogP contribution in [0.3, 0.4) is 0 Å². The third kappa shape index (κ3) is 6.92. The summed E-state index contributed by atoms with van der Waals surface area (Å²) in [6, 6.07) is 21.5. The fourth-order valence-corrected chi connectivity index (χ4v) is 2.94. The van der Waals surface area contributed by atoms with Crippen LogP contribution in [0.25, 0.3) is 0 Å². The summed E-state index contributed by atoms with van der Waals surface area (Å²) in [5.41, 5.74) is -3.82. The molecule has 0 N–H and O–H groups in total. The lowest BCUT2D eigenvalue weighted by molar-refractivity contribution is -0.508. The highest BCUT2D eigenvalue weighted by atomic mass is 32.2. The predicted molar refractivity (Wildman–Crippen MR) is 125 cm³/mol. The quantitative estimate of drug-likeness (QED) is 0.146. The molecule has 0 aliphatic carbocycles. The van der Waals surface area contributed by atoms with E-state index in [-0.39, 0.29) is 23.9 Å². The number of para-hydroxylation sites is 1. The number of non-ortho nitro benzene ring substituents is 2. The molecule has 0 atom stereocenters. The fraction of sp³-hybridized carbons (Fsp3) is 0.0952. The van der Waals surface area contributed by atoms with Crippen LogP contribution in [0.4, 0.5) is 35.9 Å². The molecule has 1 aliphatic heterocycles. The van der Waals surface area contributed by atoms with Crippen molar-refractivity contribution < 1.29 is 40.7 Å². The zero-order chi connectivity index (χ0) is 28.1. The van der Waals surface area contributed by atoms with Gasteiger partial charge in [0.15, 0.2) is 10.1 Å². The smallest absolute Gasteiger partial charge is 0.485 e. The Labute approximate surface area is 211 Å². The van der Waals surface area contributed by atoms with Crippen LogP contribution >= 0.6 is 0 Å². The predicted octanol–water partition coefficient (Wildman–Crippen LogP) is 4.49. The number of anilines is 1. The van der Waals surface area contributed by atoms with Gasteiger partial charge < -0.3 is 4.55 Å². The van der Waals surface area contributed by atoms with Crippen molar-refractivity contribution in [1.82, 2.24) is 0 Å². The molecule has 1 heterocycles. The van der Waals surface area contributed by atoms with E-state index >= 15 is 0 Å². The molecule has 38 heavy (non-hydrogen) atoms. The van der Waals surface area contributed by atoms with Gasteiger partial charge in [-0.3, -0.25) is 20.2 Å². The molecule has 0 spiro atoms. The summed E-state index contributed by atoms with van der Waals surface area (Å²) in [5, 5.41) is 32.9. The Morgan fingerprint density at radius 2 is 1.45 bits per heavy atom. The van der Waals surface area contributed by atoms with Gasteiger partial charge >= 0.3 is 5.51 Å². The molecular formula is C21H15F3N6O7S. The van der Waals surface area contributed by atoms with Crippen molar-refractivity contribution in [1.29, 1.82) is 0 Å². The SMILES string of the molecule is O=S(=O)([O-])C(F)(F)F.O=[N+]([O-])c1ccc([N+]2=NC(c3cccc([N+](=O)[O-])c3)=NN(c3ccccc3)C2)cc1. The minimum absolute atomic E-state index is 0.0248. The second kappa shape index (κ2) is 11.1. The summed E-state index contributed by atoms with van der Waals surface area (Å²) in [6.07, 6.45) is 0. The molecule has 0 saturated carbocycles. The van der Waals surface area contributed by atoms with Crippen LogP contribution in [-0.2, 0) is 10.1 Å². The van der Waals surface area contributed by atoms with Crippen molar-refractivity contribution in [2.24, 2.45) is 10.2 Å². The Bertz CT molecular complexity index is 1510. The number of benzene rings is 3. The summed E-state index contributed by atoms with van der Waals surface area (Å²) in [5.74, 6) is 0.284. The van der Waals surface area contributed by atoms with Crippen LogP contribution in [-0.4, -0.2) is 45.5 Å². The van der Waals surface area contributed by atoms with Gasteiger partial charge in [0, 0.05) is 47.1 Å². The fourth-order valence-electron chi connectivity index (χ4n) is 2.94. The van der Waals surface area contributed by atoms with Gasteiger partial charge in [-0.2, -0.15) is 13.2 Å². The molecule has 0 radical (unpaired) electrons. The standard InChI is InChI=1S/C20H15N6O4.CHF3O3S/c27-25(28)18-11-9-17(10-12-18)24-14-23(16-6-2-1-3-7-16)21-20(22-24)15-5-4-8-19(13-15)26(29)30;2-1(3,4)8(5,6)7/h1-13H,14H2;(H,5,6,7)/q+1;/p-1. The van der Waals surface area contributed by atoms with Gasteiger partial charge in [-0.1, -0.05) is 35.0 Å². The monoisotopic (exact) mass is 552 g/mol. The first-order chi connectivity index (χ1) is 17.8. The first kappa shape index (κ1) is 27.8. The van der Waals surface area contributed by atoms with E-state index in [1.807, 2.05) is 30.3 Å². The summed E-state index contributed by atoms with van der Waals surface area (Å²) in [4.78, 5) is 21.1. The van der Waals surface area contributed by atoms with Crippen molar-refractivity contribution in [2.75, 3.05) is 11.7 Å². The number of halogens is 3. The van der Waals surface area contributed by atoms with Crippen molar-refractivity contribution in [3.05, 3.63) is 105 Å². The molecular weight excluding hydrogens is 537 g/mol. The maximum Gasteiger partial charge on any atom is 0.485 e. The van der Waals surface area contributed by atoms with Gasteiger partial charge in [-0.05, 0) is 12.1 Å². The first-order valence-corrected chi connectivity index (χ1v) is 11.6. The molecule has 198 valence electrons. The summed E-state index contributed by atoms with van der Waals surface area (Å²) >= 11 is 0. The maximum absolute atomic E-state index is 11.2. The minimum Gasteiger partial charge on any atom is -0.741 e. The number of azo groups is 2. The van der Waals surface area contributed by atoms with E-state index in [1.54, 1.807) is 34.0 Å². The first-order valence-electron chi connectivity index (χ1n) is 10.2. The van der Waals surface area contributed by atoms with Gasteiger partial charge in [0.1, 0.15) is 0 Å². The van der Waals surface area contributed by atoms with Crippen LogP contribution in [0.15, 0.2) is 89.1 Å². The van der Waals surface area contributed by atoms with Crippen LogP contribution in [0, 0.1) is 20.2 Å². The second-order valence-corrected chi connectivity index (χ2v) is 8.65. The molecule has 1 aliphatic rings. The zero-order valence-electron chi connectivity index (χ0n) is 18.8. The topological polar surface area (TPSA) is 174 Å². The third-order valence-corrected chi connectivity index (χ3v) is 5.28. The number of hydrogen-bond acceptors (Lipinski definition) is 10. The lowest BCUT2D eigenvalue weighted by Crippen LogP contribution is -2.31. The number of nitro groups is 2. The molecule has 0 unspecified atom stereocenters. The van der Waals surface area contributed by atoms with Gasteiger partial charge in [0.05, 0.1) is 15.5 Å². The van der Waals surface area contributed by atoms with Crippen molar-refractivity contribution in [3.8, 4) is 0 Å². The maximum atomic E-state index is 11.2. The Kier molecular flexibility index (Phi) is 8.12. The largest absolute Gasteiger partial charge is 0.741 e. The van der Waals surface area contributed by atoms with E-state index in [4.69, 9.17) is 13.0 Å². The highest BCUT2D eigenvalue weighted by Crippen LogP contribution is 2.25. The summed E-state index contributed by atoms with van der Waals surface area (Å²) < 4.78 is 60.5. The van der Waals surface area contributed by atoms with Crippen molar-refractivity contribution in [3.63, 3.8) is 0 Å². The number of amidine groups is 1. The molecule has 3 aromatic carbocycles. The lowest BCUT2D eigenvalue weighted by Gasteiger charge is -2.20. The second-order valence-electron chi connectivity index (χ2n) is 7.28. The summed E-state index contributed by atoms with van der Waals surface area (Å²) in [6.45, 7) is 0.264. The molecule has 17 heteroatoms. The van der Waals surface area contributed by atoms with Gasteiger partial charge in [0.2, 0.25) is 11.5 Å². The lowest BCUT2D eigenvalue weighted by atomic mass is 10.2. The average Bonchev–Trinajstić information content (AvgIpc) is 2.88. The van der Waals surface area contributed by atoms with E-state index < -0.39 is 25.5 Å². The molecule has 4 rings (SSSR count). The Hall–Kier alpha value is -4.77. The molecule has 0 saturated heterocycles. The number of hydrazone groups is 1. The highest BCUT2D eigenvalue weighted by molar-refractivity contribution is 7.86. The molecule has 13 nitrogen and oxygen atoms in total. The molecule has 0 amide bonds. The van der Waals surface area contributed by atoms with Crippen molar-refractivity contribution in [2.45, 2.75) is 5.51 Å². The molecule has 0 fully saturated rings. The van der Waals surface area contributed by atoms with E-state index in [0.29, 0.717) is 11.3 Å². The van der Waals surface area contributed by atoms with E-state index in [2.05, 4.69) is 10.2 Å². The Morgan fingerprint density at radius 3 is 1.97 bits per heavy atom. The van der Waals surface area contributed by atoms with Crippen LogP contribution in [0.5, 0.6) is 0 Å². The van der Waals surface area contributed by atoms with Gasteiger partial charge in [-0.15, -0.1) is 5.10 Å². The number of alkyl halides is 3. The number of nitro benzene ring substituents is 2. The van der Waals surface area contributed by atoms with Crippen LogP contribution < -0.4 is 5.01 Å². The normalized spacial score (nSPS) is 13.5. The average molecular weight is 552 g/mol. The number of rotatable bonds is 5. The van der Waals surface area contributed by atoms with Gasteiger partial charge in [0.25, 0.3) is 18.0 Å². The van der Waals surface area contributed by atoms with E-state index in [0.717, 1.165) is 5.69 Å². The van der Waals surface area contributed by atoms with Crippen LogP contribution in [0.1, 0.15) is 5.56 Å². The molecule has 0 aromatic heterocycles. The molecule has 3 aromatic rings. The zero-order valence-corrected chi connectivity index (χ0v) is 19.6. The summed E-state index contributed by atoms with van der Waals surface area (Å²) in [7, 11) is -6.09. The Balaban J connectivity index is 0.000000436. The van der Waals surface area contributed by atoms with Crippen molar-refractivity contribution >= 4 is 38.7 Å². The minimum atomic E-state index is -6.09. The number of nitrogens with zero attached hydrogens (tertiary/aromatic N) is 6. The molecule has 0 bridgehead atoms.